The first-order valence-corrected chi connectivity index (χ1v) is 9.86. The van der Waals surface area contributed by atoms with Gasteiger partial charge >= 0.3 is 0 Å². The fraction of sp³-hybridized carbons (Fsp3) is 0.500. The number of methoxy groups -OCH3 is 1. The van der Waals surface area contributed by atoms with Crippen LogP contribution in [0.3, 0.4) is 0 Å². The zero-order chi connectivity index (χ0) is 19.2. The van der Waals surface area contributed by atoms with Crippen molar-refractivity contribution in [3.8, 4) is 0 Å². The van der Waals surface area contributed by atoms with Crippen molar-refractivity contribution in [3.63, 3.8) is 0 Å². The van der Waals surface area contributed by atoms with Crippen molar-refractivity contribution in [2.45, 2.75) is 51.2 Å². The highest BCUT2D eigenvalue weighted by molar-refractivity contribution is 7.98. The number of carbonyl (C=O) groups excluding carboxylic acids is 1. The molecule has 2 rings (SSSR count). The van der Waals surface area contributed by atoms with Crippen LogP contribution < -0.4 is 0 Å². The molecule has 0 N–H and O–H groups in total. The van der Waals surface area contributed by atoms with Gasteiger partial charge in [-0.2, -0.15) is 11.8 Å². The largest absolute Gasteiger partial charge is 0.378 e. The Balaban J connectivity index is 1.93. The molecule has 1 amide bonds. The number of hydroxylamine groups is 2. The fourth-order valence-corrected chi connectivity index (χ4v) is 3.73. The third kappa shape index (κ3) is 5.97. The predicted molar refractivity (Wildman–Crippen MR) is 107 cm³/mol. The van der Waals surface area contributed by atoms with Crippen LogP contribution in [0.2, 0.25) is 0 Å². The number of fused-ring (bicyclic) bond motifs is 1. The van der Waals surface area contributed by atoms with Gasteiger partial charge in [-0.25, -0.2) is 5.06 Å². The van der Waals surface area contributed by atoms with Crippen molar-refractivity contribution in [3.05, 3.63) is 42.1 Å². The van der Waals surface area contributed by atoms with E-state index in [4.69, 9.17) is 9.57 Å². The molecule has 0 saturated carbocycles. The average Bonchev–Trinajstić information content (AvgIpc) is 2.62. The number of ether oxygens (including phenoxy) is 1. The van der Waals surface area contributed by atoms with Crippen LogP contribution in [0.25, 0.3) is 10.9 Å². The maximum atomic E-state index is 11.4. The summed E-state index contributed by atoms with van der Waals surface area (Å²) in [7, 11) is 1.67. The first-order valence-electron chi connectivity index (χ1n) is 8.71. The zero-order valence-electron chi connectivity index (χ0n) is 16.1. The van der Waals surface area contributed by atoms with Gasteiger partial charge in [-0.05, 0) is 45.4 Å². The maximum absolute atomic E-state index is 11.4. The van der Waals surface area contributed by atoms with Crippen molar-refractivity contribution < 1.29 is 14.4 Å². The molecule has 26 heavy (non-hydrogen) atoms. The quantitative estimate of drug-likeness (QED) is 0.488. The Labute approximate surface area is 160 Å². The Morgan fingerprint density at radius 3 is 2.69 bits per heavy atom. The SMILES string of the molecule is CO[C@@H](CSCc1cnc2ccccc2c1)[C@H](C)N(C=O)OC(C)(C)C. The second-order valence-corrected chi connectivity index (χ2v) is 8.27. The van der Waals surface area contributed by atoms with Crippen molar-refractivity contribution in [1.29, 1.82) is 0 Å². The number of carbonyl (C=O) groups is 1. The van der Waals surface area contributed by atoms with E-state index in [1.807, 2.05) is 52.1 Å². The Kier molecular flexibility index (Phi) is 7.43. The van der Waals surface area contributed by atoms with Gasteiger partial charge in [-0.1, -0.05) is 18.2 Å². The van der Waals surface area contributed by atoms with Gasteiger partial charge in [0.05, 0.1) is 23.3 Å². The minimum absolute atomic E-state index is 0.124. The summed E-state index contributed by atoms with van der Waals surface area (Å²) < 4.78 is 5.60. The number of amides is 1. The highest BCUT2D eigenvalue weighted by atomic mass is 32.2. The molecule has 0 aliphatic carbocycles. The summed E-state index contributed by atoms with van der Waals surface area (Å²) in [6.45, 7) is 7.69. The first-order chi connectivity index (χ1) is 12.3. The molecule has 0 saturated heterocycles. The molecule has 0 aliphatic rings. The second-order valence-electron chi connectivity index (χ2n) is 7.24. The van der Waals surface area contributed by atoms with Crippen molar-refractivity contribution in [1.82, 2.24) is 10.0 Å². The summed E-state index contributed by atoms with van der Waals surface area (Å²) in [5.74, 6) is 1.59. The van der Waals surface area contributed by atoms with E-state index >= 15 is 0 Å². The summed E-state index contributed by atoms with van der Waals surface area (Å²) in [5.41, 5.74) is 1.75. The van der Waals surface area contributed by atoms with E-state index in [1.54, 1.807) is 18.9 Å². The minimum atomic E-state index is -0.433. The van der Waals surface area contributed by atoms with Crippen LogP contribution in [0.4, 0.5) is 0 Å². The third-order valence-electron chi connectivity index (χ3n) is 3.92. The third-order valence-corrected chi connectivity index (χ3v) is 5.03. The molecule has 1 aromatic heterocycles. The van der Waals surface area contributed by atoms with Crippen LogP contribution in [-0.2, 0) is 20.1 Å². The normalized spacial score (nSPS) is 14.2. The number of thioether (sulfide) groups is 1. The minimum Gasteiger partial charge on any atom is -0.378 e. The molecule has 0 fully saturated rings. The van der Waals surface area contributed by atoms with Crippen LogP contribution in [0.5, 0.6) is 0 Å². The fourth-order valence-electron chi connectivity index (χ4n) is 2.57. The lowest BCUT2D eigenvalue weighted by Gasteiger charge is -2.34. The summed E-state index contributed by atoms with van der Waals surface area (Å²) >= 11 is 1.76. The summed E-state index contributed by atoms with van der Waals surface area (Å²) in [6.07, 6.45) is 2.52. The molecule has 142 valence electrons. The number of pyridine rings is 1. The molecular weight excluding hydrogens is 348 g/mol. The van der Waals surface area contributed by atoms with Crippen LogP contribution in [0, 0.1) is 0 Å². The molecule has 2 aromatic rings. The number of hydrogen-bond acceptors (Lipinski definition) is 5. The van der Waals surface area contributed by atoms with Gasteiger partial charge in [-0.15, -0.1) is 0 Å². The first kappa shape index (κ1) is 20.7. The number of aromatic nitrogens is 1. The van der Waals surface area contributed by atoms with Gasteiger partial charge in [-0.3, -0.25) is 14.6 Å². The van der Waals surface area contributed by atoms with Gasteiger partial charge in [0.2, 0.25) is 6.41 Å². The topological polar surface area (TPSA) is 51.7 Å². The van der Waals surface area contributed by atoms with E-state index < -0.39 is 5.60 Å². The summed E-state index contributed by atoms with van der Waals surface area (Å²) in [5, 5.41) is 2.50. The standard InChI is InChI=1S/C20H28N2O3S/c1-15(22(14-23)25-20(2,3)4)19(24-5)13-26-12-16-10-17-8-6-7-9-18(17)21-11-16/h6-11,14-15,19H,12-13H2,1-5H3/t15-,19-/m0/s1. The molecule has 0 radical (unpaired) electrons. The molecule has 0 unspecified atom stereocenters. The van der Waals surface area contributed by atoms with Gasteiger partial charge in [0.15, 0.2) is 0 Å². The lowest BCUT2D eigenvalue weighted by Crippen LogP contribution is -2.46. The van der Waals surface area contributed by atoms with Crippen LogP contribution in [0.1, 0.15) is 33.3 Å². The molecule has 0 spiro atoms. The van der Waals surface area contributed by atoms with E-state index in [9.17, 15) is 4.79 Å². The van der Waals surface area contributed by atoms with E-state index in [1.165, 1.54) is 10.6 Å². The van der Waals surface area contributed by atoms with Gasteiger partial charge in [0, 0.05) is 30.2 Å². The second kappa shape index (κ2) is 9.35. The number of benzene rings is 1. The monoisotopic (exact) mass is 376 g/mol. The molecular formula is C20H28N2O3S. The smallest absolute Gasteiger partial charge is 0.233 e. The van der Waals surface area contributed by atoms with Gasteiger partial charge < -0.3 is 4.74 Å². The molecule has 1 aromatic carbocycles. The highest BCUT2D eigenvalue weighted by Gasteiger charge is 2.27. The molecule has 5 nitrogen and oxygen atoms in total. The molecule has 1 heterocycles. The Bertz CT molecular complexity index is 718. The Morgan fingerprint density at radius 2 is 2.04 bits per heavy atom. The lowest BCUT2D eigenvalue weighted by molar-refractivity contribution is -0.240. The van der Waals surface area contributed by atoms with E-state index in [-0.39, 0.29) is 12.1 Å². The number of para-hydroxylation sites is 1. The average molecular weight is 377 g/mol. The zero-order valence-corrected chi connectivity index (χ0v) is 17.0. The summed E-state index contributed by atoms with van der Waals surface area (Å²) in [6, 6.07) is 10.1. The van der Waals surface area contributed by atoms with E-state index in [0.29, 0.717) is 0 Å². The van der Waals surface area contributed by atoms with Gasteiger partial charge in [0.25, 0.3) is 0 Å². The molecule has 0 bridgehead atoms. The maximum Gasteiger partial charge on any atom is 0.233 e. The number of rotatable bonds is 9. The van der Waals surface area contributed by atoms with Crippen LogP contribution in [0.15, 0.2) is 36.5 Å². The van der Waals surface area contributed by atoms with Crippen molar-refractivity contribution >= 4 is 29.1 Å². The van der Waals surface area contributed by atoms with E-state index in [2.05, 4.69) is 17.1 Å². The number of nitrogens with zero attached hydrogens (tertiary/aromatic N) is 2. The highest BCUT2D eigenvalue weighted by Crippen LogP contribution is 2.21. The van der Waals surface area contributed by atoms with Crippen molar-refractivity contribution in [2.24, 2.45) is 0 Å². The van der Waals surface area contributed by atoms with Crippen LogP contribution >= 0.6 is 11.8 Å². The molecule has 0 aliphatic heterocycles. The Hall–Kier alpha value is -1.63. The number of hydrogen-bond donors (Lipinski definition) is 0. The summed E-state index contributed by atoms with van der Waals surface area (Å²) in [4.78, 5) is 21.6. The molecule has 2 atom stereocenters. The lowest BCUT2D eigenvalue weighted by atomic mass is 10.2. The predicted octanol–water partition coefficient (Wildman–Crippen LogP) is 4.06. The molecule has 6 heteroatoms. The Morgan fingerprint density at radius 1 is 1.31 bits per heavy atom. The van der Waals surface area contributed by atoms with Crippen molar-refractivity contribution in [2.75, 3.05) is 12.9 Å². The van der Waals surface area contributed by atoms with E-state index in [0.717, 1.165) is 28.8 Å². The van der Waals surface area contributed by atoms with Crippen LogP contribution in [-0.4, -0.2) is 47.1 Å². The van der Waals surface area contributed by atoms with Gasteiger partial charge in [0.1, 0.15) is 0 Å².